The van der Waals surface area contributed by atoms with Gasteiger partial charge in [-0.15, -0.1) is 12.4 Å². The Hall–Kier alpha value is -2.77. The molecule has 1 fully saturated rings. The number of primary amides is 1. The van der Waals surface area contributed by atoms with E-state index >= 15 is 0 Å². The van der Waals surface area contributed by atoms with Crippen molar-refractivity contribution < 1.29 is 14.3 Å². The van der Waals surface area contributed by atoms with Crippen molar-refractivity contribution in [2.75, 3.05) is 13.1 Å². The van der Waals surface area contributed by atoms with Gasteiger partial charge in [-0.3, -0.25) is 4.79 Å². The number of nitrogens with zero attached hydrogens (tertiary/aromatic N) is 1. The van der Waals surface area contributed by atoms with E-state index in [-0.39, 0.29) is 36.8 Å². The number of amides is 3. The summed E-state index contributed by atoms with van der Waals surface area (Å²) in [5, 5.41) is 6.07. The molecular weight excluding hydrogens is 404 g/mol. The Labute approximate surface area is 183 Å². The van der Waals surface area contributed by atoms with Gasteiger partial charge in [0.05, 0.1) is 12.5 Å². The molecule has 3 amide bonds. The number of nitrogens with one attached hydrogen (secondary N) is 2. The van der Waals surface area contributed by atoms with Crippen LogP contribution in [0.4, 0.5) is 4.79 Å². The maximum Gasteiger partial charge on any atom is 0.312 e. The third-order valence-corrected chi connectivity index (χ3v) is 5.29. The topological polar surface area (TPSA) is 96.7 Å². The number of carbonyl (C=O) groups excluding carboxylic acids is 2. The minimum Gasteiger partial charge on any atom is -0.457 e. The fraction of sp³-hybridized carbons (Fsp3) is 0.364. The Bertz CT molecular complexity index is 849. The molecule has 1 aliphatic rings. The molecule has 30 heavy (non-hydrogen) atoms. The molecule has 1 saturated heterocycles. The van der Waals surface area contributed by atoms with Gasteiger partial charge in [0.1, 0.15) is 11.5 Å². The van der Waals surface area contributed by atoms with Gasteiger partial charge in [0.25, 0.3) is 0 Å². The monoisotopic (exact) mass is 432 g/mol. The molecular formula is C22H29ClN4O3. The van der Waals surface area contributed by atoms with E-state index in [4.69, 9.17) is 10.5 Å². The number of hydrogen-bond acceptors (Lipinski definition) is 4. The number of rotatable bonds is 6. The summed E-state index contributed by atoms with van der Waals surface area (Å²) in [5.74, 6) is 1.32. The van der Waals surface area contributed by atoms with Crippen LogP contribution in [0.1, 0.15) is 31.9 Å². The van der Waals surface area contributed by atoms with Crippen molar-refractivity contribution in [3.63, 3.8) is 0 Å². The first-order valence-corrected chi connectivity index (χ1v) is 9.85. The molecule has 7 nitrogen and oxygen atoms in total. The molecule has 0 aliphatic carbocycles. The first-order valence-electron chi connectivity index (χ1n) is 9.85. The Morgan fingerprint density at radius 1 is 1.17 bits per heavy atom. The fourth-order valence-corrected chi connectivity index (χ4v) is 3.54. The van der Waals surface area contributed by atoms with Crippen LogP contribution in [0.5, 0.6) is 11.5 Å². The van der Waals surface area contributed by atoms with Gasteiger partial charge in [-0.2, -0.15) is 0 Å². The highest BCUT2D eigenvalue weighted by Gasteiger charge is 2.30. The van der Waals surface area contributed by atoms with Gasteiger partial charge in [0.2, 0.25) is 5.91 Å². The number of nitrogens with two attached hydrogens (primary N) is 1. The summed E-state index contributed by atoms with van der Waals surface area (Å²) >= 11 is 0. The molecule has 3 unspecified atom stereocenters. The number of ether oxygens (including phenoxy) is 1. The normalized spacial score (nSPS) is 19.3. The van der Waals surface area contributed by atoms with E-state index < -0.39 is 12.1 Å². The molecule has 2 aromatic carbocycles. The average molecular weight is 433 g/mol. The van der Waals surface area contributed by atoms with Gasteiger partial charge < -0.3 is 26.0 Å². The van der Waals surface area contributed by atoms with E-state index in [9.17, 15) is 9.59 Å². The van der Waals surface area contributed by atoms with Gasteiger partial charge in [-0.25, -0.2) is 4.79 Å². The quantitative estimate of drug-likeness (QED) is 0.653. The smallest absolute Gasteiger partial charge is 0.312 e. The van der Waals surface area contributed by atoms with Gasteiger partial charge >= 0.3 is 6.03 Å². The van der Waals surface area contributed by atoms with Crippen molar-refractivity contribution in [2.45, 2.75) is 38.4 Å². The highest BCUT2D eigenvalue weighted by Crippen LogP contribution is 2.27. The number of benzene rings is 2. The number of piperazine rings is 1. The summed E-state index contributed by atoms with van der Waals surface area (Å²) < 4.78 is 5.88. The van der Waals surface area contributed by atoms with E-state index in [0.717, 1.165) is 12.1 Å². The minimum atomic E-state index is -0.668. The largest absolute Gasteiger partial charge is 0.457 e. The Kier molecular flexibility index (Phi) is 8.50. The highest BCUT2D eigenvalue weighted by molar-refractivity contribution is 5.85. The lowest BCUT2D eigenvalue weighted by molar-refractivity contribution is -0.135. The van der Waals surface area contributed by atoms with Gasteiger partial charge in [-0.1, -0.05) is 30.3 Å². The molecule has 3 rings (SSSR count). The zero-order valence-electron chi connectivity index (χ0n) is 17.2. The maximum atomic E-state index is 13.0. The van der Waals surface area contributed by atoms with Crippen LogP contribution < -0.4 is 21.1 Å². The van der Waals surface area contributed by atoms with Crippen molar-refractivity contribution in [1.29, 1.82) is 0 Å². The SMILES string of the molecule is CC1NCCN(C(=O)CC(NC(N)=O)c2cccc(Oc3ccccc3)c2)C1C.Cl. The van der Waals surface area contributed by atoms with Crippen molar-refractivity contribution in [2.24, 2.45) is 5.73 Å². The number of para-hydroxylation sites is 1. The number of halogens is 1. The van der Waals surface area contributed by atoms with Crippen molar-refractivity contribution >= 4 is 24.3 Å². The second-order valence-electron chi connectivity index (χ2n) is 7.32. The predicted octanol–water partition coefficient (Wildman–Crippen LogP) is 3.21. The van der Waals surface area contributed by atoms with E-state index in [1.165, 1.54) is 0 Å². The zero-order valence-corrected chi connectivity index (χ0v) is 18.0. The highest BCUT2D eigenvalue weighted by atomic mass is 35.5. The third-order valence-electron chi connectivity index (χ3n) is 5.29. The van der Waals surface area contributed by atoms with E-state index in [2.05, 4.69) is 17.6 Å². The van der Waals surface area contributed by atoms with E-state index in [1.807, 2.05) is 66.4 Å². The molecule has 162 valence electrons. The zero-order chi connectivity index (χ0) is 20.8. The number of urea groups is 1. The average Bonchev–Trinajstić information content (AvgIpc) is 2.70. The number of carbonyl (C=O) groups is 2. The summed E-state index contributed by atoms with van der Waals surface area (Å²) in [4.78, 5) is 26.4. The summed E-state index contributed by atoms with van der Waals surface area (Å²) in [6.45, 7) is 5.49. The lowest BCUT2D eigenvalue weighted by atomic mass is 10.0. The van der Waals surface area contributed by atoms with Crippen LogP contribution in [-0.2, 0) is 4.79 Å². The van der Waals surface area contributed by atoms with Gasteiger partial charge in [0.15, 0.2) is 0 Å². The van der Waals surface area contributed by atoms with Crippen molar-refractivity contribution in [1.82, 2.24) is 15.5 Å². The first-order chi connectivity index (χ1) is 13.9. The summed E-state index contributed by atoms with van der Waals surface area (Å²) in [6.07, 6.45) is 0.134. The molecule has 0 spiro atoms. The molecule has 2 aromatic rings. The van der Waals surface area contributed by atoms with E-state index in [0.29, 0.717) is 18.0 Å². The standard InChI is InChI=1S/C22H28N4O3.ClH/c1-15-16(2)26(12-11-24-15)21(27)14-20(25-22(23)28)17-7-6-10-19(13-17)29-18-8-4-3-5-9-18;/h3-10,13,15-16,20,24H,11-12,14H2,1-2H3,(H3,23,25,28);1H. The lowest BCUT2D eigenvalue weighted by Gasteiger charge is -2.39. The van der Waals surface area contributed by atoms with Crippen LogP contribution >= 0.6 is 12.4 Å². The van der Waals surface area contributed by atoms with Crippen LogP contribution in [0, 0.1) is 0 Å². The molecule has 0 radical (unpaired) electrons. The molecule has 0 aromatic heterocycles. The lowest BCUT2D eigenvalue weighted by Crippen LogP contribution is -2.57. The van der Waals surface area contributed by atoms with Crippen molar-refractivity contribution in [3.8, 4) is 11.5 Å². The van der Waals surface area contributed by atoms with Crippen LogP contribution in [-0.4, -0.2) is 42.0 Å². The number of hydrogen-bond donors (Lipinski definition) is 3. The predicted molar refractivity (Wildman–Crippen MR) is 119 cm³/mol. The van der Waals surface area contributed by atoms with E-state index in [1.54, 1.807) is 0 Å². The summed E-state index contributed by atoms with van der Waals surface area (Å²) in [6, 6.07) is 15.9. The van der Waals surface area contributed by atoms with Crippen molar-refractivity contribution in [3.05, 3.63) is 60.2 Å². The molecule has 4 N–H and O–H groups in total. The van der Waals surface area contributed by atoms with Crippen LogP contribution in [0.25, 0.3) is 0 Å². The molecule has 0 saturated carbocycles. The fourth-order valence-electron chi connectivity index (χ4n) is 3.54. The third kappa shape index (κ3) is 6.11. The maximum absolute atomic E-state index is 13.0. The Morgan fingerprint density at radius 2 is 1.87 bits per heavy atom. The summed E-state index contributed by atoms with van der Waals surface area (Å²) in [5.41, 5.74) is 6.14. The first kappa shape index (κ1) is 23.5. The Balaban J connectivity index is 0.00000320. The van der Waals surface area contributed by atoms with Crippen LogP contribution in [0.15, 0.2) is 54.6 Å². The van der Waals surface area contributed by atoms with Crippen LogP contribution in [0.2, 0.25) is 0 Å². The Morgan fingerprint density at radius 3 is 2.57 bits per heavy atom. The summed E-state index contributed by atoms with van der Waals surface area (Å²) in [7, 11) is 0. The van der Waals surface area contributed by atoms with Gasteiger partial charge in [-0.05, 0) is 43.7 Å². The molecule has 8 heteroatoms. The molecule has 0 bridgehead atoms. The second kappa shape index (κ2) is 10.8. The molecule has 1 heterocycles. The van der Waals surface area contributed by atoms with Gasteiger partial charge in [0, 0.05) is 25.2 Å². The minimum absolute atomic E-state index is 0. The molecule has 3 atom stereocenters. The molecule has 1 aliphatic heterocycles. The second-order valence-corrected chi connectivity index (χ2v) is 7.32. The van der Waals surface area contributed by atoms with Crippen LogP contribution in [0.3, 0.4) is 0 Å².